The average molecular weight is 337 g/mol. The van der Waals surface area contributed by atoms with Gasteiger partial charge in [-0.1, -0.05) is 20.8 Å². The van der Waals surface area contributed by atoms with Gasteiger partial charge < -0.3 is 4.90 Å². The van der Waals surface area contributed by atoms with Crippen molar-refractivity contribution in [2.45, 2.75) is 70.6 Å². The molecule has 0 radical (unpaired) electrons. The third kappa shape index (κ3) is 3.82. The van der Waals surface area contributed by atoms with E-state index in [1.807, 2.05) is 0 Å². The van der Waals surface area contributed by atoms with Gasteiger partial charge in [0.2, 0.25) is 0 Å². The summed E-state index contributed by atoms with van der Waals surface area (Å²) in [5.74, 6) is 0.767. The maximum absolute atomic E-state index is 2.85. The fourth-order valence-electron chi connectivity index (χ4n) is 5.02. The van der Waals surface area contributed by atoms with Crippen molar-refractivity contribution in [1.82, 2.24) is 19.6 Å². The Labute approximate surface area is 150 Å². The molecular weight excluding hydrogens is 296 g/mol. The second-order valence-corrected chi connectivity index (χ2v) is 9.35. The van der Waals surface area contributed by atoms with Gasteiger partial charge in [0.05, 0.1) is 0 Å². The standard InChI is InChI=1S/C20H40N4/c1-7-23-12-17(4)21(5)13-18(23)10-19-14-22(6)20(8-9-20)15-24(19)11-16(2)3/h16-19H,7-15H2,1-6H3/t17-,18-,19?/m1/s1. The summed E-state index contributed by atoms with van der Waals surface area (Å²) in [4.78, 5) is 10.8. The fourth-order valence-corrected chi connectivity index (χ4v) is 5.02. The van der Waals surface area contributed by atoms with Crippen LogP contribution in [0, 0.1) is 5.92 Å². The molecule has 3 fully saturated rings. The molecule has 0 bridgehead atoms. The van der Waals surface area contributed by atoms with Gasteiger partial charge in [-0.05, 0) is 52.7 Å². The molecule has 0 aromatic heterocycles. The molecule has 2 saturated heterocycles. The Morgan fingerprint density at radius 3 is 2.25 bits per heavy atom. The molecule has 140 valence electrons. The highest BCUT2D eigenvalue weighted by Crippen LogP contribution is 2.45. The number of hydrogen-bond acceptors (Lipinski definition) is 4. The van der Waals surface area contributed by atoms with E-state index >= 15 is 0 Å². The van der Waals surface area contributed by atoms with Crippen LogP contribution in [0.4, 0.5) is 0 Å². The minimum absolute atomic E-state index is 0.535. The van der Waals surface area contributed by atoms with Gasteiger partial charge in [-0.2, -0.15) is 0 Å². The Morgan fingerprint density at radius 1 is 1.00 bits per heavy atom. The van der Waals surface area contributed by atoms with Crippen molar-refractivity contribution in [1.29, 1.82) is 0 Å². The van der Waals surface area contributed by atoms with Crippen molar-refractivity contribution in [3.8, 4) is 0 Å². The molecule has 1 aliphatic carbocycles. The summed E-state index contributed by atoms with van der Waals surface area (Å²) in [6, 6.07) is 2.14. The van der Waals surface area contributed by atoms with E-state index in [0.29, 0.717) is 11.6 Å². The van der Waals surface area contributed by atoms with Crippen LogP contribution in [0.1, 0.15) is 47.0 Å². The molecule has 2 heterocycles. The van der Waals surface area contributed by atoms with E-state index in [1.54, 1.807) is 0 Å². The molecule has 0 N–H and O–H groups in total. The van der Waals surface area contributed by atoms with Crippen molar-refractivity contribution in [3.63, 3.8) is 0 Å². The maximum atomic E-state index is 2.85. The van der Waals surface area contributed by atoms with Crippen LogP contribution in [0.15, 0.2) is 0 Å². The van der Waals surface area contributed by atoms with Crippen LogP contribution in [0.25, 0.3) is 0 Å². The summed E-state index contributed by atoms with van der Waals surface area (Å²) < 4.78 is 0. The summed E-state index contributed by atoms with van der Waals surface area (Å²) in [5, 5.41) is 0. The highest BCUT2D eigenvalue weighted by Gasteiger charge is 2.52. The van der Waals surface area contributed by atoms with Gasteiger partial charge in [0, 0.05) is 56.4 Å². The summed E-state index contributed by atoms with van der Waals surface area (Å²) in [6.07, 6.45) is 4.16. The summed E-state index contributed by atoms with van der Waals surface area (Å²) in [7, 11) is 4.68. The average Bonchev–Trinajstić information content (AvgIpc) is 3.28. The van der Waals surface area contributed by atoms with Gasteiger partial charge in [0.25, 0.3) is 0 Å². The molecule has 0 amide bonds. The lowest BCUT2D eigenvalue weighted by Gasteiger charge is -2.50. The van der Waals surface area contributed by atoms with E-state index in [1.165, 1.54) is 58.5 Å². The Morgan fingerprint density at radius 2 is 1.67 bits per heavy atom. The van der Waals surface area contributed by atoms with Crippen LogP contribution in [0.2, 0.25) is 0 Å². The first-order valence-electron chi connectivity index (χ1n) is 10.2. The first-order valence-corrected chi connectivity index (χ1v) is 10.2. The van der Waals surface area contributed by atoms with E-state index in [2.05, 4.69) is 61.4 Å². The third-order valence-corrected chi connectivity index (χ3v) is 6.95. The molecule has 1 spiro atoms. The van der Waals surface area contributed by atoms with Gasteiger partial charge >= 0.3 is 0 Å². The molecule has 0 aromatic carbocycles. The molecule has 24 heavy (non-hydrogen) atoms. The largest absolute Gasteiger partial charge is 0.301 e. The summed E-state index contributed by atoms with van der Waals surface area (Å²) in [6.45, 7) is 17.0. The predicted molar refractivity (Wildman–Crippen MR) is 103 cm³/mol. The van der Waals surface area contributed by atoms with Crippen LogP contribution in [0.3, 0.4) is 0 Å². The molecule has 3 aliphatic rings. The van der Waals surface area contributed by atoms with Gasteiger partial charge in [0.1, 0.15) is 0 Å². The number of likely N-dealkylation sites (N-methyl/N-ethyl adjacent to an activating group) is 3. The van der Waals surface area contributed by atoms with Crippen LogP contribution in [0.5, 0.6) is 0 Å². The molecule has 1 saturated carbocycles. The lowest BCUT2D eigenvalue weighted by Crippen LogP contribution is -2.62. The molecule has 0 aromatic rings. The molecule has 3 rings (SSSR count). The van der Waals surface area contributed by atoms with Gasteiger partial charge in [-0.25, -0.2) is 0 Å². The molecule has 4 heteroatoms. The SMILES string of the molecule is CCN1C[C@@H](C)N(C)C[C@H]1CC1CN(C)C2(CC2)CN1CC(C)C. The highest BCUT2D eigenvalue weighted by atomic mass is 15.4. The monoisotopic (exact) mass is 336 g/mol. The molecule has 1 unspecified atom stereocenters. The highest BCUT2D eigenvalue weighted by molar-refractivity contribution is 5.09. The second kappa shape index (κ2) is 7.22. The lowest BCUT2D eigenvalue weighted by atomic mass is 9.95. The minimum Gasteiger partial charge on any atom is -0.301 e. The predicted octanol–water partition coefficient (Wildman–Crippen LogP) is 2.21. The number of rotatable bonds is 5. The van der Waals surface area contributed by atoms with Crippen LogP contribution < -0.4 is 0 Å². The smallest absolute Gasteiger partial charge is 0.0335 e. The minimum atomic E-state index is 0.535. The van der Waals surface area contributed by atoms with E-state index in [9.17, 15) is 0 Å². The Hall–Kier alpha value is -0.160. The fraction of sp³-hybridized carbons (Fsp3) is 1.00. The van der Waals surface area contributed by atoms with Crippen LogP contribution in [-0.4, -0.2) is 96.6 Å². The van der Waals surface area contributed by atoms with Crippen molar-refractivity contribution in [2.24, 2.45) is 5.92 Å². The summed E-state index contributed by atoms with van der Waals surface area (Å²) in [5.41, 5.74) is 0.535. The van der Waals surface area contributed by atoms with Gasteiger partial charge in [0.15, 0.2) is 0 Å². The first-order chi connectivity index (χ1) is 11.3. The Bertz CT molecular complexity index is 420. The van der Waals surface area contributed by atoms with Crippen LogP contribution in [-0.2, 0) is 0 Å². The normalized spacial score (nSPS) is 35.9. The van der Waals surface area contributed by atoms with Crippen molar-refractivity contribution < 1.29 is 0 Å². The maximum Gasteiger partial charge on any atom is 0.0335 e. The first kappa shape index (κ1) is 18.6. The molecule has 2 aliphatic heterocycles. The van der Waals surface area contributed by atoms with E-state index in [0.717, 1.165) is 18.0 Å². The zero-order valence-corrected chi connectivity index (χ0v) is 17.0. The number of piperazine rings is 2. The van der Waals surface area contributed by atoms with Crippen molar-refractivity contribution in [2.75, 3.05) is 53.4 Å². The third-order valence-electron chi connectivity index (χ3n) is 6.95. The molecule has 4 nitrogen and oxygen atoms in total. The Kier molecular flexibility index (Phi) is 5.60. The van der Waals surface area contributed by atoms with Gasteiger partial charge in [-0.3, -0.25) is 14.7 Å². The zero-order valence-electron chi connectivity index (χ0n) is 17.0. The summed E-state index contributed by atoms with van der Waals surface area (Å²) >= 11 is 0. The number of nitrogens with zero attached hydrogens (tertiary/aromatic N) is 4. The lowest BCUT2D eigenvalue weighted by molar-refractivity contribution is -0.0108. The van der Waals surface area contributed by atoms with Crippen LogP contribution >= 0.6 is 0 Å². The quantitative estimate of drug-likeness (QED) is 0.763. The Balaban J connectivity index is 1.68. The van der Waals surface area contributed by atoms with E-state index in [4.69, 9.17) is 0 Å². The van der Waals surface area contributed by atoms with E-state index < -0.39 is 0 Å². The second-order valence-electron chi connectivity index (χ2n) is 9.35. The van der Waals surface area contributed by atoms with E-state index in [-0.39, 0.29) is 0 Å². The van der Waals surface area contributed by atoms with Crippen molar-refractivity contribution >= 4 is 0 Å². The van der Waals surface area contributed by atoms with Crippen molar-refractivity contribution in [3.05, 3.63) is 0 Å². The van der Waals surface area contributed by atoms with Gasteiger partial charge in [-0.15, -0.1) is 0 Å². The topological polar surface area (TPSA) is 13.0 Å². The molecular formula is C20H40N4. The zero-order chi connectivity index (χ0) is 17.5. The molecule has 3 atom stereocenters. The number of hydrogen-bond donors (Lipinski definition) is 0.